The van der Waals surface area contributed by atoms with Crippen molar-refractivity contribution in [3.63, 3.8) is 0 Å². The molecule has 1 unspecified atom stereocenters. The number of hydrogen-bond acceptors (Lipinski definition) is 4. The molecule has 0 radical (unpaired) electrons. The van der Waals surface area contributed by atoms with Gasteiger partial charge in [0.2, 0.25) is 5.91 Å². The van der Waals surface area contributed by atoms with Crippen LogP contribution in [0.25, 0.3) is 10.9 Å². The molecule has 3 amide bonds. The molecule has 1 aliphatic rings. The van der Waals surface area contributed by atoms with E-state index < -0.39 is 11.9 Å². The van der Waals surface area contributed by atoms with E-state index in [1.807, 2.05) is 35.8 Å². The Bertz CT molecular complexity index is 1330. The predicted molar refractivity (Wildman–Crippen MR) is 130 cm³/mol. The van der Waals surface area contributed by atoms with Gasteiger partial charge < -0.3 is 9.88 Å². The highest BCUT2D eigenvalue weighted by atomic mass is 35.5. The number of rotatable bonds is 6. The molecule has 1 aliphatic heterocycles. The maximum Gasteiger partial charge on any atom is 0.264 e. The van der Waals surface area contributed by atoms with Crippen molar-refractivity contribution in [3.05, 3.63) is 87.7 Å². The van der Waals surface area contributed by atoms with Crippen molar-refractivity contribution in [2.45, 2.75) is 18.9 Å². The maximum atomic E-state index is 13.4. The number of carbonyl (C=O) groups excluding carboxylic acids is 3. The Hall–Kier alpha value is -3.42. The van der Waals surface area contributed by atoms with E-state index in [0.29, 0.717) is 28.6 Å². The largest absolute Gasteiger partial charge is 0.361 e. The fourth-order valence-corrected chi connectivity index (χ4v) is 5.05. The third-order valence-electron chi connectivity index (χ3n) is 5.87. The smallest absolute Gasteiger partial charge is 0.264 e. The Morgan fingerprint density at radius 2 is 1.88 bits per heavy atom. The van der Waals surface area contributed by atoms with Crippen LogP contribution in [0.1, 0.15) is 21.7 Å². The first-order chi connectivity index (χ1) is 16.0. The van der Waals surface area contributed by atoms with Crippen molar-refractivity contribution >= 4 is 57.2 Å². The van der Waals surface area contributed by atoms with Gasteiger partial charge in [-0.05, 0) is 53.8 Å². The van der Waals surface area contributed by atoms with E-state index in [-0.39, 0.29) is 18.2 Å². The topological polar surface area (TPSA) is 73.5 Å². The molecular weight excluding hydrogens is 458 g/mol. The average Bonchev–Trinajstić information content (AvgIpc) is 3.55. The van der Waals surface area contributed by atoms with Gasteiger partial charge in [-0.3, -0.25) is 14.4 Å². The van der Waals surface area contributed by atoms with Crippen molar-refractivity contribution in [1.82, 2.24) is 9.88 Å². The van der Waals surface area contributed by atoms with Crippen molar-refractivity contribution in [2.75, 3.05) is 11.4 Å². The summed E-state index contributed by atoms with van der Waals surface area (Å²) in [6.07, 6.45) is 2.44. The summed E-state index contributed by atoms with van der Waals surface area (Å²) < 4.78 is 0. The Balaban J connectivity index is 1.44. The highest BCUT2D eigenvalue weighted by Gasteiger charge is 2.44. The number of carbonyl (C=O) groups is 3. The van der Waals surface area contributed by atoms with Gasteiger partial charge in [-0.2, -0.15) is 0 Å². The Labute approximate surface area is 199 Å². The molecule has 1 saturated heterocycles. The first kappa shape index (κ1) is 21.4. The number of amides is 3. The third-order valence-corrected chi connectivity index (χ3v) is 6.98. The molecule has 2 aromatic carbocycles. The van der Waals surface area contributed by atoms with Crippen LogP contribution in [0.3, 0.4) is 0 Å². The number of fused-ring (bicyclic) bond motifs is 1. The molecule has 1 atom stereocenters. The van der Waals surface area contributed by atoms with Crippen LogP contribution in [-0.2, 0) is 16.0 Å². The fourth-order valence-electron chi connectivity index (χ4n) is 4.24. The van der Waals surface area contributed by atoms with Gasteiger partial charge in [0, 0.05) is 28.7 Å². The minimum Gasteiger partial charge on any atom is -0.361 e. The number of anilines is 1. The number of aromatic amines is 1. The summed E-state index contributed by atoms with van der Waals surface area (Å²) in [4.78, 5) is 46.1. The fraction of sp³-hybridized carbons (Fsp3) is 0.160. The molecule has 0 bridgehead atoms. The summed E-state index contributed by atoms with van der Waals surface area (Å²) in [7, 11) is 0. The number of para-hydroxylation sites is 1. The Morgan fingerprint density at radius 1 is 1.09 bits per heavy atom. The van der Waals surface area contributed by atoms with Crippen LogP contribution < -0.4 is 4.90 Å². The second-order valence-electron chi connectivity index (χ2n) is 7.85. The molecule has 1 fully saturated rings. The van der Waals surface area contributed by atoms with Crippen LogP contribution >= 0.6 is 22.9 Å². The molecular formula is C25H20ClN3O3S. The van der Waals surface area contributed by atoms with Crippen molar-refractivity contribution in [2.24, 2.45) is 0 Å². The van der Waals surface area contributed by atoms with Crippen molar-refractivity contribution in [1.29, 1.82) is 0 Å². The summed E-state index contributed by atoms with van der Waals surface area (Å²) in [5.74, 6) is -0.969. The van der Waals surface area contributed by atoms with Gasteiger partial charge >= 0.3 is 0 Å². The minimum atomic E-state index is -0.854. The molecule has 4 aromatic rings. The van der Waals surface area contributed by atoms with Gasteiger partial charge in [0.1, 0.15) is 6.04 Å². The lowest BCUT2D eigenvalue weighted by molar-refractivity contribution is -0.122. The van der Waals surface area contributed by atoms with Crippen molar-refractivity contribution < 1.29 is 14.4 Å². The number of imide groups is 1. The molecule has 1 N–H and O–H groups in total. The van der Waals surface area contributed by atoms with Crippen LogP contribution in [-0.4, -0.2) is 40.2 Å². The van der Waals surface area contributed by atoms with Gasteiger partial charge in [-0.25, -0.2) is 4.90 Å². The van der Waals surface area contributed by atoms with Crippen LogP contribution in [0.2, 0.25) is 5.02 Å². The molecule has 8 heteroatoms. The highest BCUT2D eigenvalue weighted by Crippen LogP contribution is 2.29. The molecule has 0 spiro atoms. The average molecular weight is 478 g/mol. The summed E-state index contributed by atoms with van der Waals surface area (Å²) in [6, 6.07) is 17.2. The zero-order valence-electron chi connectivity index (χ0n) is 17.5. The SMILES string of the molecule is O=C1CC(N(CCc2c[nH]c3ccccc23)C(=O)c2cccs2)C(=O)N1c1ccc(Cl)cc1. The molecule has 6 nitrogen and oxygen atoms in total. The van der Waals surface area contributed by atoms with Crippen LogP contribution in [0.4, 0.5) is 5.69 Å². The number of hydrogen-bond donors (Lipinski definition) is 1. The van der Waals surface area contributed by atoms with Gasteiger partial charge in [-0.15, -0.1) is 11.3 Å². The third kappa shape index (κ3) is 4.05. The molecule has 5 rings (SSSR count). The van der Waals surface area contributed by atoms with E-state index in [9.17, 15) is 14.4 Å². The number of nitrogens with one attached hydrogen (secondary N) is 1. The molecule has 33 heavy (non-hydrogen) atoms. The van der Waals surface area contributed by atoms with E-state index in [1.54, 1.807) is 41.3 Å². The first-order valence-electron chi connectivity index (χ1n) is 10.5. The highest BCUT2D eigenvalue weighted by molar-refractivity contribution is 7.12. The van der Waals surface area contributed by atoms with E-state index in [1.165, 1.54) is 11.3 Å². The second kappa shape index (κ2) is 8.84. The van der Waals surface area contributed by atoms with E-state index in [4.69, 9.17) is 11.6 Å². The molecule has 0 aliphatic carbocycles. The first-order valence-corrected chi connectivity index (χ1v) is 11.8. The number of H-pyrrole nitrogens is 1. The summed E-state index contributed by atoms with van der Waals surface area (Å²) in [5.41, 5.74) is 2.53. The molecule has 0 saturated carbocycles. The van der Waals surface area contributed by atoms with E-state index in [2.05, 4.69) is 4.98 Å². The molecule has 3 heterocycles. The lowest BCUT2D eigenvalue weighted by atomic mass is 10.1. The predicted octanol–water partition coefficient (Wildman–Crippen LogP) is 4.90. The van der Waals surface area contributed by atoms with E-state index in [0.717, 1.165) is 21.4 Å². The maximum absolute atomic E-state index is 13.4. The Kier molecular flexibility index (Phi) is 5.74. The molecule has 2 aromatic heterocycles. The van der Waals surface area contributed by atoms with Gasteiger partial charge in [0.15, 0.2) is 0 Å². The Morgan fingerprint density at radius 3 is 2.64 bits per heavy atom. The monoisotopic (exact) mass is 477 g/mol. The van der Waals surface area contributed by atoms with Crippen LogP contribution in [0.15, 0.2) is 72.2 Å². The zero-order valence-corrected chi connectivity index (χ0v) is 19.1. The van der Waals surface area contributed by atoms with Crippen molar-refractivity contribution in [3.8, 4) is 0 Å². The number of nitrogens with zero attached hydrogens (tertiary/aromatic N) is 2. The molecule has 166 valence electrons. The lowest BCUT2D eigenvalue weighted by Crippen LogP contribution is -2.46. The minimum absolute atomic E-state index is 0.0491. The van der Waals surface area contributed by atoms with Crippen LogP contribution in [0.5, 0.6) is 0 Å². The van der Waals surface area contributed by atoms with Gasteiger partial charge in [0.05, 0.1) is 17.0 Å². The zero-order chi connectivity index (χ0) is 22.9. The number of aromatic nitrogens is 1. The summed E-state index contributed by atoms with van der Waals surface area (Å²) in [6.45, 7) is 0.316. The number of halogens is 1. The lowest BCUT2D eigenvalue weighted by Gasteiger charge is -2.27. The van der Waals surface area contributed by atoms with Gasteiger partial charge in [0.25, 0.3) is 11.8 Å². The standard InChI is InChI=1S/C25H20ClN3O3S/c26-17-7-9-18(10-8-17)29-23(30)14-21(24(29)31)28(25(32)22-6-3-13-33-22)12-11-16-15-27-20-5-2-1-4-19(16)20/h1-10,13,15,21,27H,11-12,14H2. The van der Waals surface area contributed by atoms with E-state index >= 15 is 0 Å². The summed E-state index contributed by atoms with van der Waals surface area (Å²) >= 11 is 7.28. The van der Waals surface area contributed by atoms with Gasteiger partial charge in [-0.1, -0.05) is 35.9 Å². The van der Waals surface area contributed by atoms with Crippen LogP contribution in [0, 0.1) is 0 Å². The number of thiophene rings is 1. The summed E-state index contributed by atoms with van der Waals surface area (Å²) in [5, 5.41) is 3.42. The second-order valence-corrected chi connectivity index (χ2v) is 9.23. The normalized spacial score (nSPS) is 16.0. The number of benzene rings is 2. The quantitative estimate of drug-likeness (QED) is 0.401.